The topological polar surface area (TPSA) is 138 Å². The summed E-state index contributed by atoms with van der Waals surface area (Å²) in [5.41, 5.74) is 1.88. The van der Waals surface area contributed by atoms with Crippen LogP contribution >= 0.6 is 34.7 Å². The summed E-state index contributed by atoms with van der Waals surface area (Å²) >= 11 is 9.80. The predicted molar refractivity (Wildman–Crippen MR) is 138 cm³/mol. The first kappa shape index (κ1) is 24.3. The number of thiazole rings is 1. The van der Waals surface area contributed by atoms with Crippen molar-refractivity contribution in [3.8, 4) is 0 Å². The summed E-state index contributed by atoms with van der Waals surface area (Å²) in [6.07, 6.45) is 1.42. The Morgan fingerprint density at radius 2 is 1.97 bits per heavy atom. The Morgan fingerprint density at radius 3 is 2.78 bits per heavy atom. The van der Waals surface area contributed by atoms with Gasteiger partial charge in [0.05, 0.1) is 23.2 Å². The third kappa shape index (κ3) is 4.44. The number of nitrogens with one attached hydrogen (secondary N) is 1. The second-order valence-electron chi connectivity index (χ2n) is 9.03. The van der Waals surface area contributed by atoms with Crippen LogP contribution in [0.15, 0.2) is 34.9 Å². The molecule has 0 bridgehead atoms. The van der Waals surface area contributed by atoms with Crippen LogP contribution in [0.25, 0.3) is 21.4 Å². The molecule has 1 saturated heterocycles. The van der Waals surface area contributed by atoms with Gasteiger partial charge in [-0.1, -0.05) is 36.7 Å². The number of fused-ring (bicyclic) bond motifs is 2. The lowest BCUT2D eigenvalue weighted by Crippen LogP contribution is -2.34. The van der Waals surface area contributed by atoms with Gasteiger partial charge in [-0.25, -0.2) is 9.97 Å². The molecule has 0 unspecified atom stereocenters. The number of aliphatic hydroxyl groups is 3. The van der Waals surface area contributed by atoms with Gasteiger partial charge in [0.15, 0.2) is 27.5 Å². The molecule has 6 atom stereocenters. The summed E-state index contributed by atoms with van der Waals surface area (Å²) in [6, 6.07) is 8.30. The quantitative estimate of drug-likeness (QED) is 0.266. The lowest BCUT2D eigenvalue weighted by atomic mass is 9.95. The molecule has 13 heteroatoms. The van der Waals surface area contributed by atoms with E-state index < -0.39 is 31.1 Å². The third-order valence-electron chi connectivity index (χ3n) is 6.74. The van der Waals surface area contributed by atoms with Crippen LogP contribution in [0.2, 0.25) is 5.28 Å². The molecule has 2 aliphatic rings. The Morgan fingerprint density at radius 1 is 1.14 bits per heavy atom. The first-order valence-electron chi connectivity index (χ1n) is 11.8. The highest BCUT2D eigenvalue weighted by Crippen LogP contribution is 2.39. The van der Waals surface area contributed by atoms with Crippen LogP contribution in [0.4, 0.5) is 5.82 Å². The van der Waals surface area contributed by atoms with E-state index in [4.69, 9.17) is 21.3 Å². The number of hydrogen-bond donors (Lipinski definition) is 4. The Bertz CT molecular complexity index is 1350. The average molecular weight is 549 g/mol. The van der Waals surface area contributed by atoms with Gasteiger partial charge in [0, 0.05) is 11.3 Å². The van der Waals surface area contributed by atoms with Crippen molar-refractivity contribution in [2.75, 3.05) is 11.9 Å². The van der Waals surface area contributed by atoms with Crippen LogP contribution in [0.5, 0.6) is 0 Å². The highest BCUT2D eigenvalue weighted by molar-refractivity contribution is 8.01. The van der Waals surface area contributed by atoms with Crippen molar-refractivity contribution in [2.45, 2.75) is 65.9 Å². The van der Waals surface area contributed by atoms with Crippen molar-refractivity contribution in [2.24, 2.45) is 0 Å². The number of anilines is 1. The molecular formula is C23H25ClN6O4S2. The van der Waals surface area contributed by atoms with Gasteiger partial charge in [-0.05, 0) is 36.6 Å². The first-order valence-corrected chi connectivity index (χ1v) is 13.9. The maximum absolute atomic E-state index is 10.5. The normalized spacial score (nSPS) is 28.8. The Hall–Kier alpha value is -2.06. The number of thioether (sulfide) groups is 1. The molecule has 10 nitrogen and oxygen atoms in total. The van der Waals surface area contributed by atoms with Crippen LogP contribution in [-0.4, -0.2) is 76.0 Å². The maximum atomic E-state index is 10.5. The number of hydrogen-bond acceptors (Lipinski definition) is 11. The second kappa shape index (κ2) is 10.0. The predicted octanol–water partition coefficient (Wildman–Crippen LogP) is 3.22. The number of halogens is 1. The molecule has 1 aromatic carbocycles. The van der Waals surface area contributed by atoms with Gasteiger partial charge in [0.1, 0.15) is 18.3 Å². The second-order valence-corrected chi connectivity index (χ2v) is 11.9. The van der Waals surface area contributed by atoms with E-state index in [0.717, 1.165) is 35.5 Å². The minimum Gasteiger partial charge on any atom is -0.394 e. The molecule has 4 aromatic rings. The Labute approximate surface area is 219 Å². The number of aliphatic hydroxyl groups excluding tert-OH is 3. The number of benzene rings is 1. The summed E-state index contributed by atoms with van der Waals surface area (Å²) in [4.78, 5) is 18.0. The molecule has 0 spiro atoms. The molecule has 6 rings (SSSR count). The average Bonchev–Trinajstić information content (AvgIpc) is 3.56. The van der Waals surface area contributed by atoms with Crippen molar-refractivity contribution in [3.63, 3.8) is 0 Å². The number of imidazole rings is 1. The van der Waals surface area contributed by atoms with Crippen molar-refractivity contribution in [1.82, 2.24) is 24.5 Å². The van der Waals surface area contributed by atoms with Gasteiger partial charge in [-0.15, -0.1) is 11.3 Å². The van der Waals surface area contributed by atoms with Crippen molar-refractivity contribution in [1.29, 1.82) is 0 Å². The Balaban J connectivity index is 1.27. The first-order chi connectivity index (χ1) is 17.5. The highest BCUT2D eigenvalue weighted by Gasteiger charge is 2.44. The minimum atomic E-state index is -1.25. The highest BCUT2D eigenvalue weighted by atomic mass is 35.5. The minimum absolute atomic E-state index is 0.0321. The Kier molecular flexibility index (Phi) is 6.75. The zero-order chi connectivity index (χ0) is 24.8. The van der Waals surface area contributed by atoms with E-state index in [1.165, 1.54) is 15.6 Å². The van der Waals surface area contributed by atoms with E-state index in [2.05, 4.69) is 26.3 Å². The molecule has 190 valence electrons. The van der Waals surface area contributed by atoms with Crippen molar-refractivity contribution >= 4 is 61.9 Å². The number of nitrogens with zero attached hydrogens (tertiary/aromatic N) is 5. The van der Waals surface area contributed by atoms with E-state index >= 15 is 0 Å². The monoisotopic (exact) mass is 548 g/mol. The van der Waals surface area contributed by atoms with Crippen LogP contribution in [0.1, 0.15) is 31.9 Å². The number of rotatable bonds is 6. The van der Waals surface area contributed by atoms with Gasteiger partial charge in [0.25, 0.3) is 0 Å². The molecule has 3 aromatic heterocycles. The molecule has 1 aliphatic heterocycles. The SMILES string of the molecule is OC[C@H]1O[C@@H](n2cnc3c(N[C@@H]4CCCC[C@@H]4Sc4nc5ccccc5s4)nc(Cl)nc32)[C@H](O)[C@@H]1O. The fourth-order valence-electron chi connectivity index (χ4n) is 4.90. The van der Waals surface area contributed by atoms with E-state index in [1.54, 1.807) is 23.1 Å². The largest absolute Gasteiger partial charge is 0.394 e. The van der Waals surface area contributed by atoms with Crippen LogP contribution in [0, 0.1) is 0 Å². The molecule has 4 heterocycles. The summed E-state index contributed by atoms with van der Waals surface area (Å²) in [6.45, 7) is -0.417. The summed E-state index contributed by atoms with van der Waals surface area (Å²) < 4.78 is 9.42. The molecule has 36 heavy (non-hydrogen) atoms. The number of para-hydroxylation sites is 1. The molecule has 1 saturated carbocycles. The summed E-state index contributed by atoms with van der Waals surface area (Å²) in [7, 11) is 0. The van der Waals surface area contributed by atoms with Crippen molar-refractivity contribution < 1.29 is 20.1 Å². The molecular weight excluding hydrogens is 524 g/mol. The molecule has 2 fully saturated rings. The van der Waals surface area contributed by atoms with Gasteiger partial charge in [0.2, 0.25) is 5.28 Å². The van der Waals surface area contributed by atoms with Gasteiger partial charge >= 0.3 is 0 Å². The molecule has 0 radical (unpaired) electrons. The summed E-state index contributed by atoms with van der Waals surface area (Å²) in [5.74, 6) is 0.511. The van der Waals surface area contributed by atoms with Crippen LogP contribution in [0.3, 0.4) is 0 Å². The lowest BCUT2D eigenvalue weighted by Gasteiger charge is -2.31. The maximum Gasteiger partial charge on any atom is 0.226 e. The zero-order valence-electron chi connectivity index (χ0n) is 19.1. The van der Waals surface area contributed by atoms with Crippen LogP contribution < -0.4 is 5.32 Å². The van der Waals surface area contributed by atoms with E-state index in [0.29, 0.717) is 22.2 Å². The van der Waals surface area contributed by atoms with Crippen molar-refractivity contribution in [3.05, 3.63) is 35.9 Å². The zero-order valence-corrected chi connectivity index (χ0v) is 21.5. The molecule has 4 N–H and O–H groups in total. The van der Waals surface area contributed by atoms with Gasteiger partial charge in [-0.2, -0.15) is 9.97 Å². The smallest absolute Gasteiger partial charge is 0.226 e. The molecule has 1 aliphatic carbocycles. The fourth-order valence-corrected chi connectivity index (χ4v) is 7.65. The fraction of sp³-hybridized carbons (Fsp3) is 0.478. The molecule has 0 amide bonds. The summed E-state index contributed by atoms with van der Waals surface area (Å²) in [5, 5.41) is 34.0. The van der Waals surface area contributed by atoms with E-state index in [-0.39, 0.29) is 11.3 Å². The van der Waals surface area contributed by atoms with E-state index in [1.807, 2.05) is 18.2 Å². The van der Waals surface area contributed by atoms with Gasteiger partial charge < -0.3 is 25.4 Å². The lowest BCUT2D eigenvalue weighted by molar-refractivity contribution is -0.0511. The van der Waals surface area contributed by atoms with Gasteiger partial charge in [-0.3, -0.25) is 4.57 Å². The van der Waals surface area contributed by atoms with Crippen LogP contribution in [-0.2, 0) is 4.74 Å². The van der Waals surface area contributed by atoms with E-state index in [9.17, 15) is 15.3 Å². The third-order valence-corrected chi connectivity index (χ3v) is 9.44. The standard InChI is InChI=1S/C23H25ClN6O4S2/c24-22-28-19(16-20(29-22)30(10-25-16)21-18(33)17(32)13(9-31)34-21)26-11-5-1-3-7-14(11)35-23-27-12-6-2-4-8-15(12)36-23/h2,4,6,8,10-11,13-14,17-18,21,31-33H,1,3,5,7,9H2,(H,26,28,29)/t11-,13-,14+,17-,18-,21-/m1/s1. The number of aromatic nitrogens is 5. The number of ether oxygens (including phenoxy) is 1.